The van der Waals surface area contributed by atoms with Crippen LogP contribution in [0.3, 0.4) is 0 Å². The zero-order chi connectivity index (χ0) is 10.7. The molecule has 1 atom stereocenters. The number of hydrogen-bond donors (Lipinski definition) is 1. The molecule has 0 saturated heterocycles. The number of aryl methyl sites for hydroxylation is 1. The van der Waals surface area contributed by atoms with E-state index in [4.69, 9.17) is 5.73 Å². The van der Waals surface area contributed by atoms with Crippen molar-refractivity contribution in [3.8, 4) is 0 Å². The molecule has 0 aromatic carbocycles. The van der Waals surface area contributed by atoms with Crippen LogP contribution in [0.5, 0.6) is 0 Å². The van der Waals surface area contributed by atoms with Crippen molar-refractivity contribution < 1.29 is 0 Å². The fourth-order valence-corrected chi connectivity index (χ4v) is 3.36. The molecule has 15 heavy (non-hydrogen) atoms. The SMILES string of the molecule is CC1(C(N)CCc2ccsc2)CCCC1. The molecular weight excluding hydrogens is 202 g/mol. The van der Waals surface area contributed by atoms with Crippen LogP contribution >= 0.6 is 11.3 Å². The van der Waals surface area contributed by atoms with Gasteiger partial charge in [-0.2, -0.15) is 11.3 Å². The van der Waals surface area contributed by atoms with Crippen LogP contribution in [0.4, 0.5) is 0 Å². The van der Waals surface area contributed by atoms with Gasteiger partial charge in [0.2, 0.25) is 0 Å². The molecule has 1 aromatic heterocycles. The molecule has 0 bridgehead atoms. The van der Waals surface area contributed by atoms with Crippen LogP contribution in [0.1, 0.15) is 44.6 Å². The van der Waals surface area contributed by atoms with Crippen molar-refractivity contribution in [2.75, 3.05) is 0 Å². The van der Waals surface area contributed by atoms with E-state index in [2.05, 4.69) is 23.8 Å². The van der Waals surface area contributed by atoms with Crippen molar-refractivity contribution in [2.45, 2.75) is 51.5 Å². The monoisotopic (exact) mass is 223 g/mol. The molecule has 1 saturated carbocycles. The van der Waals surface area contributed by atoms with E-state index in [1.807, 2.05) is 0 Å². The molecule has 1 nitrogen and oxygen atoms in total. The normalized spacial score (nSPS) is 21.7. The van der Waals surface area contributed by atoms with Gasteiger partial charge in [0.25, 0.3) is 0 Å². The van der Waals surface area contributed by atoms with Crippen molar-refractivity contribution in [2.24, 2.45) is 11.1 Å². The molecule has 2 heteroatoms. The van der Waals surface area contributed by atoms with Gasteiger partial charge in [0.1, 0.15) is 0 Å². The Morgan fingerprint density at radius 3 is 2.80 bits per heavy atom. The molecule has 84 valence electrons. The lowest BCUT2D eigenvalue weighted by atomic mass is 9.79. The topological polar surface area (TPSA) is 26.0 Å². The summed E-state index contributed by atoms with van der Waals surface area (Å²) >= 11 is 1.78. The molecule has 1 aromatic rings. The van der Waals surface area contributed by atoms with Crippen LogP contribution in [-0.4, -0.2) is 6.04 Å². The second kappa shape index (κ2) is 4.67. The molecule has 1 unspecified atom stereocenters. The van der Waals surface area contributed by atoms with Gasteiger partial charge in [-0.05, 0) is 53.5 Å². The summed E-state index contributed by atoms with van der Waals surface area (Å²) < 4.78 is 0. The van der Waals surface area contributed by atoms with Crippen LogP contribution in [0.2, 0.25) is 0 Å². The van der Waals surface area contributed by atoms with Crippen LogP contribution in [0.25, 0.3) is 0 Å². The third-order valence-corrected chi connectivity index (χ3v) is 4.70. The first-order valence-electron chi connectivity index (χ1n) is 5.97. The highest BCUT2D eigenvalue weighted by molar-refractivity contribution is 7.07. The molecule has 0 amide bonds. The maximum absolute atomic E-state index is 6.33. The maximum Gasteiger partial charge on any atom is 0.00960 e. The molecule has 1 fully saturated rings. The largest absolute Gasteiger partial charge is 0.327 e. The van der Waals surface area contributed by atoms with Crippen molar-refractivity contribution in [1.82, 2.24) is 0 Å². The van der Waals surface area contributed by atoms with Gasteiger partial charge >= 0.3 is 0 Å². The van der Waals surface area contributed by atoms with Crippen LogP contribution < -0.4 is 5.73 Å². The molecular formula is C13H21NS. The van der Waals surface area contributed by atoms with Crippen molar-refractivity contribution in [3.05, 3.63) is 22.4 Å². The highest BCUT2D eigenvalue weighted by atomic mass is 32.1. The van der Waals surface area contributed by atoms with Crippen LogP contribution in [0, 0.1) is 5.41 Å². The number of nitrogens with two attached hydrogens (primary N) is 1. The van der Waals surface area contributed by atoms with Crippen molar-refractivity contribution in [1.29, 1.82) is 0 Å². The first kappa shape index (κ1) is 11.2. The zero-order valence-electron chi connectivity index (χ0n) is 9.54. The van der Waals surface area contributed by atoms with Gasteiger partial charge in [0, 0.05) is 6.04 Å². The van der Waals surface area contributed by atoms with Gasteiger partial charge in [0.15, 0.2) is 0 Å². The Labute approximate surface area is 96.7 Å². The standard InChI is InChI=1S/C13H21NS/c1-13(7-2-3-8-13)12(14)5-4-11-6-9-15-10-11/h6,9-10,12H,2-5,7-8,14H2,1H3. The summed E-state index contributed by atoms with van der Waals surface area (Å²) in [5, 5.41) is 4.39. The molecule has 2 N–H and O–H groups in total. The van der Waals surface area contributed by atoms with E-state index in [1.165, 1.54) is 31.2 Å². The third kappa shape index (κ3) is 2.61. The van der Waals surface area contributed by atoms with Gasteiger partial charge in [-0.1, -0.05) is 19.8 Å². The van der Waals surface area contributed by atoms with Gasteiger partial charge < -0.3 is 5.73 Å². The fraction of sp³-hybridized carbons (Fsp3) is 0.692. The minimum atomic E-state index is 0.389. The molecule has 0 aliphatic heterocycles. The van der Waals surface area contributed by atoms with E-state index < -0.39 is 0 Å². The minimum Gasteiger partial charge on any atom is -0.327 e. The van der Waals surface area contributed by atoms with E-state index in [9.17, 15) is 0 Å². The quantitative estimate of drug-likeness (QED) is 0.829. The Kier molecular flexibility index (Phi) is 3.47. The summed E-state index contributed by atoms with van der Waals surface area (Å²) in [6.07, 6.45) is 7.72. The maximum atomic E-state index is 6.33. The molecule has 1 aliphatic carbocycles. The predicted octanol–water partition coefficient (Wildman–Crippen LogP) is 3.59. The minimum absolute atomic E-state index is 0.389. The van der Waals surface area contributed by atoms with E-state index in [0.717, 1.165) is 12.8 Å². The molecule has 0 spiro atoms. The second-order valence-electron chi connectivity index (χ2n) is 5.14. The van der Waals surface area contributed by atoms with E-state index in [-0.39, 0.29) is 0 Å². The Balaban J connectivity index is 1.84. The highest BCUT2D eigenvalue weighted by Crippen LogP contribution is 2.40. The van der Waals surface area contributed by atoms with E-state index >= 15 is 0 Å². The molecule has 2 rings (SSSR count). The summed E-state index contributed by atoms with van der Waals surface area (Å²) in [6.45, 7) is 2.37. The van der Waals surface area contributed by atoms with Crippen molar-refractivity contribution >= 4 is 11.3 Å². The summed E-state index contributed by atoms with van der Waals surface area (Å²) in [5.74, 6) is 0. The van der Waals surface area contributed by atoms with Crippen LogP contribution in [-0.2, 0) is 6.42 Å². The molecule has 1 heterocycles. The first-order valence-corrected chi connectivity index (χ1v) is 6.92. The lowest BCUT2D eigenvalue weighted by Gasteiger charge is -2.31. The Hall–Kier alpha value is -0.340. The molecule has 1 aliphatic rings. The Bertz CT molecular complexity index is 285. The summed E-state index contributed by atoms with van der Waals surface area (Å²) in [5.41, 5.74) is 8.22. The number of thiophene rings is 1. The van der Waals surface area contributed by atoms with E-state index in [1.54, 1.807) is 11.3 Å². The lowest BCUT2D eigenvalue weighted by molar-refractivity contribution is 0.251. The number of rotatable bonds is 4. The first-order chi connectivity index (χ1) is 7.21. The van der Waals surface area contributed by atoms with Gasteiger partial charge in [-0.25, -0.2) is 0 Å². The van der Waals surface area contributed by atoms with Gasteiger partial charge in [-0.15, -0.1) is 0 Å². The molecule has 0 radical (unpaired) electrons. The summed E-state index contributed by atoms with van der Waals surface area (Å²) in [6, 6.07) is 2.61. The Morgan fingerprint density at radius 1 is 1.47 bits per heavy atom. The Morgan fingerprint density at radius 2 is 2.20 bits per heavy atom. The zero-order valence-corrected chi connectivity index (χ0v) is 10.4. The van der Waals surface area contributed by atoms with Gasteiger partial charge in [-0.3, -0.25) is 0 Å². The third-order valence-electron chi connectivity index (χ3n) is 3.97. The smallest absolute Gasteiger partial charge is 0.00960 e. The number of hydrogen-bond acceptors (Lipinski definition) is 2. The lowest BCUT2D eigenvalue weighted by Crippen LogP contribution is -2.37. The van der Waals surface area contributed by atoms with Crippen LogP contribution in [0.15, 0.2) is 16.8 Å². The average Bonchev–Trinajstić information content (AvgIpc) is 2.85. The fourth-order valence-electron chi connectivity index (χ4n) is 2.66. The van der Waals surface area contributed by atoms with Crippen molar-refractivity contribution in [3.63, 3.8) is 0 Å². The highest BCUT2D eigenvalue weighted by Gasteiger charge is 2.34. The summed E-state index contributed by atoms with van der Waals surface area (Å²) in [4.78, 5) is 0. The van der Waals surface area contributed by atoms with Gasteiger partial charge in [0.05, 0.1) is 0 Å². The van der Waals surface area contributed by atoms with E-state index in [0.29, 0.717) is 11.5 Å². The predicted molar refractivity (Wildman–Crippen MR) is 67.2 cm³/mol. The second-order valence-corrected chi connectivity index (χ2v) is 5.92. The average molecular weight is 223 g/mol. The summed E-state index contributed by atoms with van der Waals surface area (Å²) in [7, 11) is 0.